The fourth-order valence-electron chi connectivity index (χ4n) is 6.04. The van der Waals surface area contributed by atoms with E-state index in [2.05, 4.69) is 102 Å². The zero-order chi connectivity index (χ0) is 23.6. The zero-order valence-corrected chi connectivity index (χ0v) is 21.7. The monoisotopic (exact) mass is 438 g/mol. The maximum absolute atomic E-state index is 2.55. The van der Waals surface area contributed by atoms with Crippen molar-refractivity contribution >= 4 is 0 Å². The minimum atomic E-state index is 0.159. The van der Waals surface area contributed by atoms with E-state index in [0.717, 1.165) is 0 Å². The number of rotatable bonds is 9. The third-order valence-corrected chi connectivity index (χ3v) is 7.85. The molecule has 0 spiro atoms. The van der Waals surface area contributed by atoms with E-state index in [-0.39, 0.29) is 5.41 Å². The lowest BCUT2D eigenvalue weighted by Crippen LogP contribution is -2.25. The topological polar surface area (TPSA) is 0 Å². The third kappa shape index (κ3) is 4.30. The highest BCUT2D eigenvalue weighted by atomic mass is 14.4. The Labute approximate surface area is 202 Å². The van der Waals surface area contributed by atoms with Gasteiger partial charge in [0.25, 0.3) is 0 Å². The summed E-state index contributed by atoms with van der Waals surface area (Å²) >= 11 is 0. The molecule has 0 unspecified atom stereocenters. The highest BCUT2D eigenvalue weighted by Gasteiger charge is 2.42. The van der Waals surface area contributed by atoms with E-state index in [1.165, 1.54) is 71.9 Å². The van der Waals surface area contributed by atoms with Crippen molar-refractivity contribution < 1.29 is 0 Å². The van der Waals surface area contributed by atoms with Gasteiger partial charge in [0.2, 0.25) is 0 Å². The molecule has 0 amide bonds. The molecule has 0 aliphatic heterocycles. The second kappa shape index (κ2) is 9.88. The minimum absolute atomic E-state index is 0.159. The maximum Gasteiger partial charge on any atom is 0.0215 e. The molecule has 0 fully saturated rings. The van der Waals surface area contributed by atoms with Gasteiger partial charge in [-0.05, 0) is 75.3 Å². The molecule has 0 nitrogen and oxygen atoms in total. The van der Waals surface area contributed by atoms with E-state index in [1.807, 2.05) is 0 Å². The molecule has 0 saturated carbocycles. The molecule has 0 bridgehead atoms. The first-order chi connectivity index (χ1) is 15.9. The van der Waals surface area contributed by atoms with Crippen molar-refractivity contribution in [2.45, 2.75) is 97.3 Å². The van der Waals surface area contributed by atoms with Gasteiger partial charge in [0.1, 0.15) is 0 Å². The molecular formula is C33H42. The average molecular weight is 439 g/mol. The molecule has 0 N–H and O–H groups in total. The van der Waals surface area contributed by atoms with Crippen molar-refractivity contribution in [1.82, 2.24) is 0 Å². The smallest absolute Gasteiger partial charge is 0.0215 e. The Morgan fingerprint density at radius 1 is 0.606 bits per heavy atom. The fourth-order valence-corrected chi connectivity index (χ4v) is 6.04. The molecule has 1 aliphatic carbocycles. The summed E-state index contributed by atoms with van der Waals surface area (Å²) in [7, 11) is 0. The maximum atomic E-state index is 2.55. The van der Waals surface area contributed by atoms with Crippen LogP contribution in [-0.4, -0.2) is 0 Å². The Hall–Kier alpha value is -2.34. The van der Waals surface area contributed by atoms with Gasteiger partial charge in [0.05, 0.1) is 0 Å². The van der Waals surface area contributed by atoms with E-state index >= 15 is 0 Å². The third-order valence-electron chi connectivity index (χ3n) is 7.85. The van der Waals surface area contributed by atoms with Crippen LogP contribution < -0.4 is 0 Å². The van der Waals surface area contributed by atoms with Gasteiger partial charge >= 0.3 is 0 Å². The van der Waals surface area contributed by atoms with Gasteiger partial charge in [-0.25, -0.2) is 0 Å². The Balaban J connectivity index is 1.88. The molecule has 0 radical (unpaired) electrons. The van der Waals surface area contributed by atoms with Gasteiger partial charge in [-0.2, -0.15) is 0 Å². The summed E-state index contributed by atoms with van der Waals surface area (Å²) in [5.74, 6) is 1.09. The lowest BCUT2D eigenvalue weighted by Gasteiger charge is -2.33. The number of hydrogen-bond donors (Lipinski definition) is 0. The second-order valence-corrected chi connectivity index (χ2v) is 10.7. The van der Waals surface area contributed by atoms with E-state index < -0.39 is 0 Å². The second-order valence-electron chi connectivity index (χ2n) is 10.7. The van der Waals surface area contributed by atoms with Crippen molar-refractivity contribution in [2.75, 3.05) is 0 Å². The summed E-state index contributed by atoms with van der Waals surface area (Å²) in [6.07, 6.45) is 7.56. The largest absolute Gasteiger partial charge is 0.0654 e. The molecule has 0 aromatic heterocycles. The Morgan fingerprint density at radius 2 is 1.18 bits per heavy atom. The number of benzene rings is 3. The fraction of sp³-hybridized carbons (Fsp3) is 0.455. The van der Waals surface area contributed by atoms with Gasteiger partial charge in [0.15, 0.2) is 0 Å². The Kier molecular flexibility index (Phi) is 7.13. The van der Waals surface area contributed by atoms with Gasteiger partial charge in [-0.3, -0.25) is 0 Å². The van der Waals surface area contributed by atoms with Gasteiger partial charge in [-0.15, -0.1) is 0 Å². The molecule has 1 aliphatic rings. The molecule has 0 atom stereocenters. The summed E-state index contributed by atoms with van der Waals surface area (Å²) in [5, 5.41) is 0. The highest BCUT2D eigenvalue weighted by Crippen LogP contribution is 2.54. The normalized spacial score (nSPS) is 14.1. The molecule has 0 heteroatoms. The predicted octanol–water partition coefficient (Wildman–Crippen LogP) is 10.2. The molecular weight excluding hydrogens is 396 g/mol. The Morgan fingerprint density at radius 3 is 1.82 bits per heavy atom. The number of hydrogen-bond acceptors (Lipinski definition) is 0. The lowest BCUT2D eigenvalue weighted by molar-refractivity contribution is 0.414. The van der Waals surface area contributed by atoms with Crippen molar-refractivity contribution in [2.24, 2.45) is 0 Å². The summed E-state index contributed by atoms with van der Waals surface area (Å²) in [5.41, 5.74) is 11.9. The predicted molar refractivity (Wildman–Crippen MR) is 145 cm³/mol. The quantitative estimate of drug-likeness (QED) is 0.312. The minimum Gasteiger partial charge on any atom is -0.0654 e. The first-order valence-corrected chi connectivity index (χ1v) is 13.3. The van der Waals surface area contributed by atoms with Crippen molar-refractivity contribution in [1.29, 1.82) is 0 Å². The molecule has 3 aromatic carbocycles. The molecule has 33 heavy (non-hydrogen) atoms. The molecule has 3 aromatic rings. The average Bonchev–Trinajstić information content (AvgIpc) is 3.10. The van der Waals surface area contributed by atoms with Crippen molar-refractivity contribution in [3.63, 3.8) is 0 Å². The van der Waals surface area contributed by atoms with Crippen LogP contribution in [0.25, 0.3) is 22.3 Å². The first-order valence-electron chi connectivity index (χ1n) is 13.3. The van der Waals surface area contributed by atoms with Crippen LogP contribution in [0.3, 0.4) is 0 Å². The van der Waals surface area contributed by atoms with Crippen LogP contribution in [0.4, 0.5) is 0 Å². The van der Waals surface area contributed by atoms with Crippen molar-refractivity contribution in [3.05, 3.63) is 82.9 Å². The van der Waals surface area contributed by atoms with Crippen LogP contribution in [-0.2, 0) is 5.41 Å². The summed E-state index contributed by atoms with van der Waals surface area (Å²) in [6, 6.07) is 23.7. The first kappa shape index (κ1) is 23.8. The van der Waals surface area contributed by atoms with Gasteiger partial charge < -0.3 is 0 Å². The van der Waals surface area contributed by atoms with E-state index in [1.54, 1.807) is 11.1 Å². The van der Waals surface area contributed by atoms with Crippen LogP contribution in [0.15, 0.2) is 60.7 Å². The zero-order valence-electron chi connectivity index (χ0n) is 21.7. The number of unbranched alkanes of at least 4 members (excludes halogenated alkanes) is 2. The van der Waals surface area contributed by atoms with Crippen LogP contribution in [0, 0.1) is 0 Å². The summed E-state index contributed by atoms with van der Waals surface area (Å²) in [4.78, 5) is 0. The van der Waals surface area contributed by atoms with Crippen LogP contribution in [0.2, 0.25) is 0 Å². The highest BCUT2D eigenvalue weighted by molar-refractivity contribution is 5.84. The van der Waals surface area contributed by atoms with Crippen LogP contribution in [0.1, 0.15) is 114 Å². The Bertz CT molecular complexity index is 1090. The van der Waals surface area contributed by atoms with Crippen LogP contribution in [0.5, 0.6) is 0 Å². The molecule has 4 rings (SSSR count). The molecule has 0 saturated heterocycles. The van der Waals surface area contributed by atoms with Crippen molar-refractivity contribution in [3.8, 4) is 22.3 Å². The molecule has 174 valence electrons. The molecule has 0 heterocycles. The SMILES string of the molecule is CCCCC1(CCCC)c2ccccc2-c2ccc(-c3ccc(C(C)C)c(C(C)C)c3)cc21. The van der Waals surface area contributed by atoms with Crippen LogP contribution >= 0.6 is 0 Å². The lowest BCUT2D eigenvalue weighted by atomic mass is 9.70. The van der Waals surface area contributed by atoms with Gasteiger partial charge in [-0.1, -0.05) is 122 Å². The van der Waals surface area contributed by atoms with E-state index in [9.17, 15) is 0 Å². The van der Waals surface area contributed by atoms with E-state index in [0.29, 0.717) is 11.8 Å². The summed E-state index contributed by atoms with van der Waals surface area (Å²) in [6.45, 7) is 13.9. The standard InChI is InChI=1S/C33H42/c1-7-9-19-33(20-10-8-2)31-14-12-11-13-28(31)29-18-16-26(22-32(29)33)25-15-17-27(23(3)4)30(21-25)24(5)6/h11-18,21-24H,7-10,19-20H2,1-6H3. The van der Waals surface area contributed by atoms with E-state index in [4.69, 9.17) is 0 Å². The van der Waals surface area contributed by atoms with Gasteiger partial charge in [0, 0.05) is 5.41 Å². The number of fused-ring (bicyclic) bond motifs is 3. The summed E-state index contributed by atoms with van der Waals surface area (Å²) < 4.78 is 0.